The van der Waals surface area contributed by atoms with Crippen molar-refractivity contribution in [2.45, 2.75) is 13.3 Å². The molecule has 1 amide bonds. The lowest BCUT2D eigenvalue weighted by molar-refractivity contribution is 0.158. The van der Waals surface area contributed by atoms with Gasteiger partial charge in [0.25, 0.3) is 0 Å². The molecule has 0 aliphatic rings. The van der Waals surface area contributed by atoms with Gasteiger partial charge in [0.15, 0.2) is 0 Å². The standard InChI is InChI=1S/C20H20N4O2/c1-14-8-10-22-19(12-14)24-18-7-3-6-17(23-18)16-5-2-4-15(13-16)9-11-26-20(21)25/h2-8,10,12-13H,9,11H2,1H3,(H2,21,25)(H,22,23,24). The van der Waals surface area contributed by atoms with Crippen LogP contribution in [0.5, 0.6) is 0 Å². The molecular weight excluding hydrogens is 328 g/mol. The van der Waals surface area contributed by atoms with E-state index in [1.807, 2.05) is 61.5 Å². The zero-order chi connectivity index (χ0) is 18.4. The number of primary amides is 1. The molecule has 1 aromatic carbocycles. The van der Waals surface area contributed by atoms with Gasteiger partial charge < -0.3 is 15.8 Å². The van der Waals surface area contributed by atoms with E-state index in [4.69, 9.17) is 10.5 Å². The van der Waals surface area contributed by atoms with Gasteiger partial charge >= 0.3 is 6.09 Å². The minimum Gasteiger partial charge on any atom is -0.449 e. The number of benzene rings is 1. The van der Waals surface area contributed by atoms with Gasteiger partial charge in [0.2, 0.25) is 0 Å². The van der Waals surface area contributed by atoms with Crippen LogP contribution in [0.25, 0.3) is 11.3 Å². The first-order valence-corrected chi connectivity index (χ1v) is 8.28. The summed E-state index contributed by atoms with van der Waals surface area (Å²) in [5, 5.41) is 3.22. The van der Waals surface area contributed by atoms with E-state index in [1.54, 1.807) is 6.20 Å². The number of carbonyl (C=O) groups excluding carboxylic acids is 1. The highest BCUT2D eigenvalue weighted by molar-refractivity contribution is 5.65. The lowest BCUT2D eigenvalue weighted by Crippen LogP contribution is -2.14. The minimum atomic E-state index is -0.758. The zero-order valence-corrected chi connectivity index (χ0v) is 14.5. The maximum absolute atomic E-state index is 10.7. The van der Waals surface area contributed by atoms with E-state index in [0.717, 1.165) is 34.0 Å². The molecule has 0 aliphatic carbocycles. The Bertz CT molecular complexity index is 912. The van der Waals surface area contributed by atoms with Crippen molar-refractivity contribution < 1.29 is 9.53 Å². The summed E-state index contributed by atoms with van der Waals surface area (Å²) in [6, 6.07) is 17.7. The highest BCUT2D eigenvalue weighted by Gasteiger charge is 2.04. The third-order valence-electron chi connectivity index (χ3n) is 3.78. The molecule has 6 heteroatoms. The van der Waals surface area contributed by atoms with E-state index >= 15 is 0 Å². The molecule has 0 aliphatic heterocycles. The molecule has 3 rings (SSSR count). The van der Waals surface area contributed by atoms with Gasteiger partial charge in [-0.15, -0.1) is 0 Å². The number of rotatable bonds is 6. The van der Waals surface area contributed by atoms with E-state index in [1.165, 1.54) is 0 Å². The second kappa shape index (κ2) is 8.11. The molecule has 26 heavy (non-hydrogen) atoms. The second-order valence-corrected chi connectivity index (χ2v) is 5.87. The molecule has 0 spiro atoms. The van der Waals surface area contributed by atoms with Crippen LogP contribution in [-0.4, -0.2) is 22.7 Å². The summed E-state index contributed by atoms with van der Waals surface area (Å²) in [4.78, 5) is 19.6. The lowest BCUT2D eigenvalue weighted by atomic mass is 10.1. The van der Waals surface area contributed by atoms with Crippen molar-refractivity contribution >= 4 is 17.7 Å². The fraction of sp³-hybridized carbons (Fsp3) is 0.150. The molecule has 0 bridgehead atoms. The van der Waals surface area contributed by atoms with Crippen molar-refractivity contribution in [3.8, 4) is 11.3 Å². The van der Waals surface area contributed by atoms with Crippen LogP contribution in [-0.2, 0) is 11.2 Å². The van der Waals surface area contributed by atoms with Gasteiger partial charge in [-0.1, -0.05) is 24.3 Å². The number of carbonyl (C=O) groups is 1. The SMILES string of the molecule is Cc1ccnc(Nc2cccc(-c3cccc(CCOC(N)=O)c3)n2)c1. The number of pyridine rings is 2. The first-order valence-electron chi connectivity index (χ1n) is 8.28. The molecule has 0 atom stereocenters. The smallest absolute Gasteiger partial charge is 0.404 e. The van der Waals surface area contributed by atoms with Crippen LogP contribution in [0, 0.1) is 6.92 Å². The van der Waals surface area contributed by atoms with Crippen LogP contribution in [0.3, 0.4) is 0 Å². The monoisotopic (exact) mass is 348 g/mol. The van der Waals surface area contributed by atoms with Gasteiger partial charge in [0, 0.05) is 18.2 Å². The number of hydrogen-bond donors (Lipinski definition) is 2. The normalized spacial score (nSPS) is 10.3. The Labute approximate surface area is 152 Å². The molecule has 3 N–H and O–H groups in total. The second-order valence-electron chi connectivity index (χ2n) is 5.87. The van der Waals surface area contributed by atoms with E-state index < -0.39 is 6.09 Å². The number of nitrogens with zero attached hydrogens (tertiary/aromatic N) is 2. The zero-order valence-electron chi connectivity index (χ0n) is 14.5. The van der Waals surface area contributed by atoms with Crippen LogP contribution in [0.1, 0.15) is 11.1 Å². The van der Waals surface area contributed by atoms with E-state index in [0.29, 0.717) is 6.42 Å². The molecule has 2 aromatic heterocycles. The van der Waals surface area contributed by atoms with Gasteiger partial charge in [-0.2, -0.15) is 0 Å². The Morgan fingerprint density at radius 1 is 1.12 bits per heavy atom. The number of aryl methyl sites for hydroxylation is 1. The fourth-order valence-corrected chi connectivity index (χ4v) is 2.56. The summed E-state index contributed by atoms with van der Waals surface area (Å²) in [6.07, 6.45) is 1.60. The summed E-state index contributed by atoms with van der Waals surface area (Å²) in [6.45, 7) is 2.27. The van der Waals surface area contributed by atoms with Gasteiger partial charge in [0.1, 0.15) is 11.6 Å². The van der Waals surface area contributed by atoms with Crippen LogP contribution >= 0.6 is 0 Å². The third-order valence-corrected chi connectivity index (χ3v) is 3.78. The van der Waals surface area contributed by atoms with Crippen molar-refractivity contribution in [2.75, 3.05) is 11.9 Å². The Hall–Kier alpha value is -3.41. The van der Waals surface area contributed by atoms with Crippen molar-refractivity contribution in [2.24, 2.45) is 5.73 Å². The maximum atomic E-state index is 10.7. The number of ether oxygens (including phenoxy) is 1. The van der Waals surface area contributed by atoms with E-state index in [-0.39, 0.29) is 6.61 Å². The first-order chi connectivity index (χ1) is 12.6. The van der Waals surface area contributed by atoms with E-state index in [9.17, 15) is 4.79 Å². The molecule has 3 aromatic rings. The summed E-state index contributed by atoms with van der Waals surface area (Å²) in [5.74, 6) is 1.48. The maximum Gasteiger partial charge on any atom is 0.404 e. The number of aromatic nitrogens is 2. The average molecular weight is 348 g/mol. The van der Waals surface area contributed by atoms with E-state index in [2.05, 4.69) is 15.3 Å². The minimum absolute atomic E-state index is 0.257. The topological polar surface area (TPSA) is 90.1 Å². The fourth-order valence-electron chi connectivity index (χ4n) is 2.56. The van der Waals surface area contributed by atoms with Crippen molar-refractivity contribution in [3.63, 3.8) is 0 Å². The highest BCUT2D eigenvalue weighted by atomic mass is 16.5. The summed E-state index contributed by atoms with van der Waals surface area (Å²) in [5.41, 5.74) is 8.99. The van der Waals surface area contributed by atoms with Crippen LogP contribution in [0.4, 0.5) is 16.4 Å². The molecule has 132 valence electrons. The predicted molar refractivity (Wildman–Crippen MR) is 101 cm³/mol. The Kier molecular flexibility index (Phi) is 5.43. The quantitative estimate of drug-likeness (QED) is 0.706. The highest BCUT2D eigenvalue weighted by Crippen LogP contribution is 2.22. The largest absolute Gasteiger partial charge is 0.449 e. The predicted octanol–water partition coefficient (Wildman–Crippen LogP) is 3.83. The number of hydrogen-bond acceptors (Lipinski definition) is 5. The summed E-state index contributed by atoms with van der Waals surface area (Å²) in [7, 11) is 0. The molecule has 0 fully saturated rings. The Balaban J connectivity index is 1.76. The molecule has 0 saturated heterocycles. The molecule has 2 heterocycles. The van der Waals surface area contributed by atoms with Crippen LogP contribution in [0.15, 0.2) is 60.8 Å². The van der Waals surface area contributed by atoms with Crippen molar-refractivity contribution in [1.29, 1.82) is 0 Å². The van der Waals surface area contributed by atoms with Crippen molar-refractivity contribution in [3.05, 3.63) is 71.9 Å². The number of anilines is 2. The summed E-state index contributed by atoms with van der Waals surface area (Å²) < 4.78 is 4.79. The van der Waals surface area contributed by atoms with Gasteiger partial charge in [-0.05, 0) is 48.4 Å². The summed E-state index contributed by atoms with van der Waals surface area (Å²) >= 11 is 0. The molecule has 6 nitrogen and oxygen atoms in total. The molecule has 0 radical (unpaired) electrons. The van der Waals surface area contributed by atoms with Crippen LogP contribution in [0.2, 0.25) is 0 Å². The lowest BCUT2D eigenvalue weighted by Gasteiger charge is -2.09. The van der Waals surface area contributed by atoms with Crippen molar-refractivity contribution in [1.82, 2.24) is 9.97 Å². The van der Waals surface area contributed by atoms with Gasteiger partial charge in [0.05, 0.1) is 12.3 Å². The number of nitrogens with two attached hydrogens (primary N) is 1. The van der Waals surface area contributed by atoms with Crippen LogP contribution < -0.4 is 11.1 Å². The van der Waals surface area contributed by atoms with Gasteiger partial charge in [-0.25, -0.2) is 14.8 Å². The average Bonchev–Trinajstić information content (AvgIpc) is 2.62. The van der Waals surface area contributed by atoms with Gasteiger partial charge in [-0.3, -0.25) is 0 Å². The molecule has 0 saturated carbocycles. The number of amides is 1. The number of nitrogens with one attached hydrogen (secondary N) is 1. The Morgan fingerprint density at radius 3 is 2.77 bits per heavy atom. The Morgan fingerprint density at radius 2 is 1.96 bits per heavy atom. The third kappa shape index (κ3) is 4.80. The molecule has 0 unspecified atom stereocenters. The molecular formula is C20H20N4O2. The first kappa shape index (κ1) is 17.4.